The molecule has 3 amide bonds. The molecule has 6 heteroatoms. The van der Waals surface area contributed by atoms with Gasteiger partial charge in [0.25, 0.3) is 0 Å². The Morgan fingerprint density at radius 1 is 1.39 bits per heavy atom. The van der Waals surface area contributed by atoms with Crippen LogP contribution in [0.4, 0.5) is 0 Å². The molecule has 1 rings (SSSR count). The standard InChI is InChI=1S/C12H21N3O3/c1-12(2)11(18)15(10(17)8-13-12)7-5-6-9(16)14(3)4/h13H,5-8H2,1-4H3. The lowest BCUT2D eigenvalue weighted by Crippen LogP contribution is -2.63. The molecule has 1 aliphatic rings. The number of rotatable bonds is 4. The van der Waals surface area contributed by atoms with Crippen LogP contribution in [0.25, 0.3) is 0 Å². The molecule has 0 aromatic carbocycles. The highest BCUT2D eigenvalue weighted by atomic mass is 16.2. The van der Waals surface area contributed by atoms with Crippen LogP contribution >= 0.6 is 0 Å². The van der Waals surface area contributed by atoms with Crippen LogP contribution in [-0.2, 0) is 14.4 Å². The summed E-state index contributed by atoms with van der Waals surface area (Å²) in [5, 5.41) is 2.89. The average Bonchev–Trinajstić information content (AvgIpc) is 2.29. The van der Waals surface area contributed by atoms with E-state index in [2.05, 4.69) is 5.32 Å². The monoisotopic (exact) mass is 255 g/mol. The maximum Gasteiger partial charge on any atom is 0.248 e. The molecule has 0 saturated carbocycles. The summed E-state index contributed by atoms with van der Waals surface area (Å²) in [7, 11) is 3.37. The van der Waals surface area contributed by atoms with Crippen LogP contribution < -0.4 is 5.32 Å². The van der Waals surface area contributed by atoms with Crippen LogP contribution in [0.2, 0.25) is 0 Å². The average molecular weight is 255 g/mol. The van der Waals surface area contributed by atoms with E-state index in [0.717, 1.165) is 0 Å². The van der Waals surface area contributed by atoms with Gasteiger partial charge in [0.2, 0.25) is 17.7 Å². The SMILES string of the molecule is CN(C)C(=O)CCCN1C(=O)CNC(C)(C)C1=O. The first-order valence-electron chi connectivity index (χ1n) is 6.05. The van der Waals surface area contributed by atoms with Gasteiger partial charge in [-0.2, -0.15) is 0 Å². The second kappa shape index (κ2) is 5.48. The highest BCUT2D eigenvalue weighted by molar-refractivity contribution is 6.03. The minimum atomic E-state index is -0.709. The quantitative estimate of drug-likeness (QED) is 0.693. The number of amides is 3. The number of carbonyl (C=O) groups excluding carboxylic acids is 3. The van der Waals surface area contributed by atoms with E-state index < -0.39 is 5.54 Å². The van der Waals surface area contributed by atoms with Crippen LogP contribution in [0.15, 0.2) is 0 Å². The number of nitrogens with one attached hydrogen (secondary N) is 1. The van der Waals surface area contributed by atoms with E-state index in [-0.39, 0.29) is 24.3 Å². The van der Waals surface area contributed by atoms with Gasteiger partial charge in [-0.05, 0) is 20.3 Å². The van der Waals surface area contributed by atoms with E-state index >= 15 is 0 Å². The van der Waals surface area contributed by atoms with Crippen LogP contribution in [-0.4, -0.2) is 60.2 Å². The van der Waals surface area contributed by atoms with Crippen LogP contribution in [0.3, 0.4) is 0 Å². The lowest BCUT2D eigenvalue weighted by atomic mass is 10.0. The third-order valence-electron chi connectivity index (χ3n) is 3.03. The van der Waals surface area contributed by atoms with Gasteiger partial charge in [-0.1, -0.05) is 0 Å². The number of hydrogen-bond acceptors (Lipinski definition) is 4. The van der Waals surface area contributed by atoms with E-state index in [9.17, 15) is 14.4 Å². The van der Waals surface area contributed by atoms with Gasteiger partial charge in [0.15, 0.2) is 0 Å². The minimum absolute atomic E-state index is 0.00397. The summed E-state index contributed by atoms with van der Waals surface area (Å²) < 4.78 is 0. The molecule has 1 N–H and O–H groups in total. The second-order valence-electron chi connectivity index (χ2n) is 5.22. The van der Waals surface area contributed by atoms with Crippen molar-refractivity contribution >= 4 is 17.7 Å². The Morgan fingerprint density at radius 2 is 2.00 bits per heavy atom. The molecule has 6 nitrogen and oxygen atoms in total. The van der Waals surface area contributed by atoms with Gasteiger partial charge < -0.3 is 4.90 Å². The Kier molecular flexibility index (Phi) is 4.45. The number of hydrogen-bond donors (Lipinski definition) is 1. The molecule has 18 heavy (non-hydrogen) atoms. The molecule has 0 radical (unpaired) electrons. The van der Waals surface area contributed by atoms with E-state index in [4.69, 9.17) is 0 Å². The molecule has 0 aliphatic carbocycles. The fourth-order valence-electron chi connectivity index (χ4n) is 1.76. The van der Waals surface area contributed by atoms with Gasteiger partial charge in [0.1, 0.15) is 0 Å². The Morgan fingerprint density at radius 3 is 2.56 bits per heavy atom. The van der Waals surface area contributed by atoms with Crippen molar-refractivity contribution in [3.8, 4) is 0 Å². The Labute approximate surface area is 107 Å². The van der Waals surface area contributed by atoms with E-state index in [1.807, 2.05) is 0 Å². The highest BCUT2D eigenvalue weighted by Gasteiger charge is 2.39. The summed E-state index contributed by atoms with van der Waals surface area (Å²) >= 11 is 0. The zero-order chi connectivity index (χ0) is 13.9. The predicted octanol–water partition coefficient (Wildman–Crippen LogP) is -0.408. The van der Waals surface area contributed by atoms with Crippen molar-refractivity contribution in [1.29, 1.82) is 0 Å². The first kappa shape index (κ1) is 14.6. The molecule has 1 saturated heterocycles. The van der Waals surface area contributed by atoms with E-state index in [1.54, 1.807) is 27.9 Å². The minimum Gasteiger partial charge on any atom is -0.349 e. The number of nitrogens with zero attached hydrogens (tertiary/aromatic N) is 2. The van der Waals surface area contributed by atoms with Gasteiger partial charge in [0, 0.05) is 27.1 Å². The molecule has 1 heterocycles. The first-order chi connectivity index (χ1) is 8.25. The summed E-state index contributed by atoms with van der Waals surface area (Å²) in [5.41, 5.74) is -0.709. The molecule has 0 aromatic heterocycles. The first-order valence-corrected chi connectivity index (χ1v) is 6.05. The molecule has 1 fully saturated rings. The number of piperazine rings is 1. The van der Waals surface area contributed by atoms with Crippen molar-refractivity contribution < 1.29 is 14.4 Å². The maximum absolute atomic E-state index is 12.0. The van der Waals surface area contributed by atoms with Crippen LogP contribution in [0.5, 0.6) is 0 Å². The van der Waals surface area contributed by atoms with Crippen molar-refractivity contribution in [2.45, 2.75) is 32.2 Å². The Balaban J connectivity index is 2.52. The molecule has 0 atom stereocenters. The lowest BCUT2D eigenvalue weighted by Gasteiger charge is -2.36. The molecule has 0 aromatic rings. The zero-order valence-electron chi connectivity index (χ0n) is 11.4. The third kappa shape index (κ3) is 3.29. The fourth-order valence-corrected chi connectivity index (χ4v) is 1.76. The summed E-state index contributed by atoms with van der Waals surface area (Å²) in [6, 6.07) is 0. The van der Waals surface area contributed by atoms with Crippen molar-refractivity contribution in [3.63, 3.8) is 0 Å². The zero-order valence-corrected chi connectivity index (χ0v) is 11.4. The van der Waals surface area contributed by atoms with Gasteiger partial charge in [-0.3, -0.25) is 24.6 Å². The van der Waals surface area contributed by atoms with Gasteiger partial charge in [0.05, 0.1) is 12.1 Å². The molecule has 0 bridgehead atoms. The lowest BCUT2D eigenvalue weighted by molar-refractivity contribution is -0.152. The normalized spacial score (nSPS) is 19.0. The molecule has 0 spiro atoms. The Hall–Kier alpha value is -1.43. The number of carbonyl (C=O) groups is 3. The molecule has 0 unspecified atom stereocenters. The largest absolute Gasteiger partial charge is 0.349 e. The summed E-state index contributed by atoms with van der Waals surface area (Å²) in [5.74, 6) is -0.447. The highest BCUT2D eigenvalue weighted by Crippen LogP contribution is 2.14. The topological polar surface area (TPSA) is 69.7 Å². The smallest absolute Gasteiger partial charge is 0.248 e. The van der Waals surface area contributed by atoms with Crippen molar-refractivity contribution in [1.82, 2.24) is 15.1 Å². The van der Waals surface area contributed by atoms with Crippen LogP contribution in [0, 0.1) is 0 Å². The van der Waals surface area contributed by atoms with Crippen molar-refractivity contribution in [3.05, 3.63) is 0 Å². The second-order valence-corrected chi connectivity index (χ2v) is 5.22. The van der Waals surface area contributed by atoms with Gasteiger partial charge in [-0.25, -0.2) is 0 Å². The summed E-state index contributed by atoms with van der Waals surface area (Å²) in [6.45, 7) is 3.97. The molecular formula is C12H21N3O3. The Bertz CT molecular complexity index is 364. The molecular weight excluding hydrogens is 234 g/mol. The third-order valence-corrected chi connectivity index (χ3v) is 3.03. The number of imide groups is 1. The van der Waals surface area contributed by atoms with Gasteiger partial charge in [-0.15, -0.1) is 0 Å². The van der Waals surface area contributed by atoms with Crippen LogP contribution in [0.1, 0.15) is 26.7 Å². The van der Waals surface area contributed by atoms with Gasteiger partial charge >= 0.3 is 0 Å². The van der Waals surface area contributed by atoms with Crippen molar-refractivity contribution in [2.24, 2.45) is 0 Å². The summed E-state index contributed by atoms with van der Waals surface area (Å²) in [6.07, 6.45) is 0.850. The molecule has 1 aliphatic heterocycles. The summed E-state index contributed by atoms with van der Waals surface area (Å²) in [4.78, 5) is 37.8. The van der Waals surface area contributed by atoms with Crippen molar-refractivity contribution in [2.75, 3.05) is 27.2 Å². The van der Waals surface area contributed by atoms with E-state index in [0.29, 0.717) is 19.4 Å². The van der Waals surface area contributed by atoms with E-state index in [1.165, 1.54) is 9.80 Å². The fraction of sp³-hybridized carbons (Fsp3) is 0.750. The maximum atomic E-state index is 12.0. The predicted molar refractivity (Wildman–Crippen MR) is 66.7 cm³/mol. The molecule has 102 valence electrons.